The van der Waals surface area contributed by atoms with E-state index in [1.165, 1.54) is 6.07 Å². The number of sulfonamides is 1. The summed E-state index contributed by atoms with van der Waals surface area (Å²) in [5.41, 5.74) is 1.60. The molecule has 1 aliphatic rings. The van der Waals surface area contributed by atoms with Gasteiger partial charge in [-0.15, -0.1) is 0 Å². The molecular formula is C25H29N3O4S. The lowest BCUT2D eigenvalue weighted by Crippen LogP contribution is -2.46. The van der Waals surface area contributed by atoms with Crippen LogP contribution in [-0.2, 0) is 10.0 Å². The number of carbonyl (C=O) groups is 1. The number of piperidine rings is 1. The van der Waals surface area contributed by atoms with Gasteiger partial charge in [0.1, 0.15) is 4.90 Å². The number of primary sulfonamides is 1. The summed E-state index contributed by atoms with van der Waals surface area (Å²) in [5, 5.41) is 16.7. The van der Waals surface area contributed by atoms with Gasteiger partial charge in [-0.2, -0.15) is 0 Å². The van der Waals surface area contributed by atoms with Crippen LogP contribution in [0.5, 0.6) is 0 Å². The van der Waals surface area contributed by atoms with Crippen LogP contribution in [0, 0.1) is 0 Å². The zero-order valence-electron chi connectivity index (χ0n) is 18.7. The van der Waals surface area contributed by atoms with E-state index in [1.807, 2.05) is 18.2 Å². The zero-order valence-corrected chi connectivity index (χ0v) is 19.5. The van der Waals surface area contributed by atoms with Gasteiger partial charge in [-0.1, -0.05) is 50.1 Å². The van der Waals surface area contributed by atoms with Gasteiger partial charge in [-0.3, -0.25) is 4.79 Å². The lowest BCUT2D eigenvalue weighted by atomic mass is 9.86. The zero-order chi connectivity index (χ0) is 23.6. The number of para-hydroxylation sites is 1. The minimum Gasteiger partial charge on any atom is -0.390 e. The van der Waals surface area contributed by atoms with Gasteiger partial charge in [0.15, 0.2) is 0 Å². The molecule has 3 N–H and O–H groups in total. The number of pyridine rings is 1. The third-order valence-corrected chi connectivity index (χ3v) is 7.34. The van der Waals surface area contributed by atoms with Crippen molar-refractivity contribution in [1.82, 2.24) is 9.88 Å². The van der Waals surface area contributed by atoms with Gasteiger partial charge in [0.05, 0.1) is 16.8 Å². The third kappa shape index (κ3) is 5.08. The highest BCUT2D eigenvalue weighted by atomic mass is 32.2. The highest BCUT2D eigenvalue weighted by molar-refractivity contribution is 7.89. The van der Waals surface area contributed by atoms with Crippen LogP contribution < -0.4 is 5.14 Å². The average molecular weight is 468 g/mol. The van der Waals surface area contributed by atoms with Gasteiger partial charge < -0.3 is 10.0 Å². The van der Waals surface area contributed by atoms with Crippen molar-refractivity contribution in [3.8, 4) is 11.3 Å². The maximum absolute atomic E-state index is 13.0. The van der Waals surface area contributed by atoms with Crippen LogP contribution in [0.1, 0.15) is 49.4 Å². The highest BCUT2D eigenvalue weighted by Gasteiger charge is 2.33. The fourth-order valence-corrected chi connectivity index (χ4v) is 5.06. The van der Waals surface area contributed by atoms with E-state index in [1.54, 1.807) is 35.2 Å². The minimum absolute atomic E-state index is 0.0161. The second-order valence-corrected chi connectivity index (χ2v) is 10.3. The van der Waals surface area contributed by atoms with E-state index in [9.17, 15) is 18.3 Å². The molecule has 0 spiro atoms. The molecule has 0 radical (unpaired) electrons. The topological polar surface area (TPSA) is 114 Å². The van der Waals surface area contributed by atoms with Crippen LogP contribution in [0.3, 0.4) is 0 Å². The predicted octanol–water partition coefficient (Wildman–Crippen LogP) is 3.71. The fraction of sp³-hybridized carbons (Fsp3) is 0.360. The van der Waals surface area contributed by atoms with Crippen molar-refractivity contribution in [2.75, 3.05) is 13.1 Å². The molecule has 1 amide bonds. The maximum atomic E-state index is 13.0. The summed E-state index contributed by atoms with van der Waals surface area (Å²) in [4.78, 5) is 19.3. The Morgan fingerprint density at radius 1 is 1.09 bits per heavy atom. The second-order valence-electron chi connectivity index (χ2n) is 8.77. The second kappa shape index (κ2) is 9.21. The molecule has 33 heavy (non-hydrogen) atoms. The Balaban J connectivity index is 1.52. The van der Waals surface area contributed by atoms with Gasteiger partial charge in [0, 0.05) is 29.6 Å². The molecule has 174 valence electrons. The Bertz CT molecular complexity index is 1260. The number of amides is 1. The minimum atomic E-state index is -3.90. The molecule has 0 unspecified atom stereocenters. The lowest BCUT2D eigenvalue weighted by Gasteiger charge is -2.38. The van der Waals surface area contributed by atoms with Gasteiger partial charge in [0.25, 0.3) is 5.91 Å². The van der Waals surface area contributed by atoms with Crippen LogP contribution in [0.15, 0.2) is 59.5 Å². The summed E-state index contributed by atoms with van der Waals surface area (Å²) < 4.78 is 23.9. The van der Waals surface area contributed by atoms with E-state index < -0.39 is 15.6 Å². The molecule has 0 atom stereocenters. The highest BCUT2D eigenvalue weighted by Crippen LogP contribution is 2.29. The number of benzene rings is 2. The first-order valence-corrected chi connectivity index (χ1v) is 12.8. The molecule has 3 aromatic rings. The lowest BCUT2D eigenvalue weighted by molar-refractivity contribution is -0.0242. The first-order valence-electron chi connectivity index (χ1n) is 11.2. The van der Waals surface area contributed by atoms with Crippen LogP contribution in [-0.4, -0.2) is 48.0 Å². The number of likely N-dealkylation sites (tertiary alicyclic amines) is 1. The van der Waals surface area contributed by atoms with Crippen molar-refractivity contribution in [3.05, 3.63) is 60.2 Å². The number of aliphatic hydroxyl groups is 1. The Labute approximate surface area is 194 Å². The van der Waals surface area contributed by atoms with E-state index in [0.717, 1.165) is 24.8 Å². The first-order chi connectivity index (χ1) is 15.7. The number of hydrogen-bond acceptors (Lipinski definition) is 5. The molecule has 1 aliphatic heterocycles. The summed E-state index contributed by atoms with van der Waals surface area (Å²) in [6.45, 7) is 3.20. The largest absolute Gasteiger partial charge is 0.390 e. The number of unbranched alkanes of at least 4 members (excludes halogenated alkanes) is 1. The quantitative estimate of drug-likeness (QED) is 0.574. The van der Waals surface area contributed by atoms with E-state index >= 15 is 0 Å². The summed E-state index contributed by atoms with van der Waals surface area (Å²) in [6, 6.07) is 15.6. The normalized spacial score (nSPS) is 16.2. The van der Waals surface area contributed by atoms with Crippen molar-refractivity contribution in [1.29, 1.82) is 0 Å². The summed E-state index contributed by atoms with van der Waals surface area (Å²) >= 11 is 0. The molecular weight excluding hydrogens is 438 g/mol. The molecule has 1 fully saturated rings. The van der Waals surface area contributed by atoms with E-state index in [-0.39, 0.29) is 10.8 Å². The Morgan fingerprint density at radius 3 is 2.42 bits per heavy atom. The molecule has 0 aliphatic carbocycles. The van der Waals surface area contributed by atoms with Crippen LogP contribution >= 0.6 is 0 Å². The molecule has 0 saturated carbocycles. The standard InChI is InChI=1S/C25H29N3O4S/c1-2-3-13-25(30)14-16-28(17-15-25)24(29)20-9-7-18(8-10-20)21-12-11-19-5-4-6-22(23(19)27-21)33(26,31)32/h4-12,30H,2-3,13-17H2,1H3,(H2,26,31,32). The molecule has 7 nitrogen and oxygen atoms in total. The SMILES string of the molecule is CCCCC1(O)CCN(C(=O)c2ccc(-c3ccc4cccc(S(N)(=O)=O)c4n3)cc2)CC1. The van der Waals surface area contributed by atoms with Crippen molar-refractivity contribution in [2.24, 2.45) is 5.14 Å². The van der Waals surface area contributed by atoms with Gasteiger partial charge in [0.2, 0.25) is 10.0 Å². The monoisotopic (exact) mass is 467 g/mol. The number of fused-ring (bicyclic) bond motifs is 1. The van der Waals surface area contributed by atoms with Crippen LogP contribution in [0.2, 0.25) is 0 Å². The summed E-state index contributed by atoms with van der Waals surface area (Å²) in [5.74, 6) is -0.0536. The average Bonchev–Trinajstić information content (AvgIpc) is 2.81. The molecule has 4 rings (SSSR count). The van der Waals surface area contributed by atoms with E-state index in [0.29, 0.717) is 48.1 Å². The number of aromatic nitrogens is 1. The number of hydrogen-bond donors (Lipinski definition) is 2. The van der Waals surface area contributed by atoms with Crippen LogP contribution in [0.4, 0.5) is 0 Å². The molecule has 2 aromatic carbocycles. The van der Waals surface area contributed by atoms with Gasteiger partial charge in [-0.25, -0.2) is 18.5 Å². The number of nitrogens with zero attached hydrogens (tertiary/aromatic N) is 2. The van der Waals surface area contributed by atoms with Crippen molar-refractivity contribution in [2.45, 2.75) is 49.5 Å². The fourth-order valence-electron chi connectivity index (χ4n) is 4.36. The van der Waals surface area contributed by atoms with Crippen LogP contribution in [0.25, 0.3) is 22.2 Å². The number of carbonyl (C=O) groups excluding carboxylic acids is 1. The maximum Gasteiger partial charge on any atom is 0.253 e. The molecule has 2 heterocycles. The molecule has 1 saturated heterocycles. The first kappa shape index (κ1) is 23.4. The Morgan fingerprint density at radius 2 is 1.79 bits per heavy atom. The van der Waals surface area contributed by atoms with Crippen molar-refractivity contribution < 1.29 is 18.3 Å². The Kier molecular flexibility index (Phi) is 6.52. The third-order valence-electron chi connectivity index (χ3n) is 6.39. The number of nitrogens with two attached hydrogens (primary N) is 1. The predicted molar refractivity (Wildman–Crippen MR) is 128 cm³/mol. The Hall–Kier alpha value is -2.81. The van der Waals surface area contributed by atoms with Crippen molar-refractivity contribution >= 4 is 26.8 Å². The van der Waals surface area contributed by atoms with E-state index in [4.69, 9.17) is 5.14 Å². The van der Waals surface area contributed by atoms with Gasteiger partial charge >= 0.3 is 0 Å². The smallest absolute Gasteiger partial charge is 0.253 e. The van der Waals surface area contributed by atoms with E-state index in [2.05, 4.69) is 11.9 Å². The molecule has 1 aromatic heterocycles. The summed E-state index contributed by atoms with van der Waals surface area (Å²) in [6.07, 6.45) is 4.03. The summed E-state index contributed by atoms with van der Waals surface area (Å²) in [7, 11) is -3.90. The molecule has 8 heteroatoms. The number of rotatable bonds is 6. The molecule has 0 bridgehead atoms. The van der Waals surface area contributed by atoms with Gasteiger partial charge in [-0.05, 0) is 43.5 Å². The van der Waals surface area contributed by atoms with Crippen molar-refractivity contribution in [3.63, 3.8) is 0 Å².